The Hall–Kier alpha value is -1.20. The molecule has 1 atom stereocenters. The number of aromatic nitrogens is 2. The van der Waals surface area contributed by atoms with E-state index in [1.807, 2.05) is 6.92 Å². The van der Waals surface area contributed by atoms with Crippen LogP contribution >= 0.6 is 0 Å². The van der Waals surface area contributed by atoms with Gasteiger partial charge >= 0.3 is 0 Å². The summed E-state index contributed by atoms with van der Waals surface area (Å²) >= 11 is 0. The topological polar surface area (TPSA) is 87.0 Å². The summed E-state index contributed by atoms with van der Waals surface area (Å²) in [6, 6.07) is -0.176. The number of anilines is 1. The molecule has 0 radical (unpaired) electrons. The quantitative estimate of drug-likeness (QED) is 0.664. The van der Waals surface area contributed by atoms with Crippen molar-refractivity contribution in [3.05, 3.63) is 17.1 Å². The molecule has 0 amide bonds. The Balaban J connectivity index is 2.46. The third-order valence-corrected chi connectivity index (χ3v) is 2.28. The molecule has 0 aromatic carbocycles. The molecule has 1 aliphatic rings. The van der Waals surface area contributed by atoms with Gasteiger partial charge in [0.1, 0.15) is 11.6 Å². The maximum Gasteiger partial charge on any atom is 0.147 e. The number of fused-ring (bicyclic) bond motifs is 1. The molecule has 0 saturated carbocycles. The molecule has 1 aromatic rings. The van der Waals surface area contributed by atoms with Gasteiger partial charge in [-0.3, -0.25) is 0 Å². The zero-order chi connectivity index (χ0) is 10.1. The molecule has 0 fully saturated rings. The maximum absolute atomic E-state index is 5.79. The van der Waals surface area contributed by atoms with Crippen molar-refractivity contribution in [2.75, 3.05) is 12.3 Å². The van der Waals surface area contributed by atoms with Gasteiger partial charge < -0.3 is 16.2 Å². The third-order valence-electron chi connectivity index (χ3n) is 2.28. The number of nitrogen functional groups attached to an aromatic ring is 1. The summed E-state index contributed by atoms with van der Waals surface area (Å²) in [4.78, 5) is 8.53. The van der Waals surface area contributed by atoms with Crippen molar-refractivity contribution in [3.63, 3.8) is 0 Å². The number of nitrogens with zero attached hydrogens (tertiary/aromatic N) is 2. The highest BCUT2D eigenvalue weighted by atomic mass is 16.5. The average Bonchev–Trinajstić information content (AvgIpc) is 2.17. The highest BCUT2D eigenvalue weighted by Gasteiger charge is 2.17. The van der Waals surface area contributed by atoms with Gasteiger partial charge in [-0.15, -0.1) is 0 Å². The lowest BCUT2D eigenvalue weighted by Crippen LogP contribution is -2.19. The second-order valence-corrected chi connectivity index (χ2v) is 3.48. The van der Waals surface area contributed by atoms with Crippen molar-refractivity contribution in [3.8, 4) is 0 Å². The van der Waals surface area contributed by atoms with E-state index < -0.39 is 0 Å². The van der Waals surface area contributed by atoms with Crippen molar-refractivity contribution in [1.29, 1.82) is 0 Å². The van der Waals surface area contributed by atoms with Crippen LogP contribution in [0.15, 0.2) is 0 Å². The van der Waals surface area contributed by atoms with Gasteiger partial charge in [0.15, 0.2) is 0 Å². The zero-order valence-electron chi connectivity index (χ0n) is 8.16. The Bertz CT molecular complexity index is 351. The first kappa shape index (κ1) is 9.36. The summed E-state index contributed by atoms with van der Waals surface area (Å²) in [6.07, 6.45) is 0.793. The predicted octanol–water partition coefficient (Wildman–Crippen LogP) is 0.151. The van der Waals surface area contributed by atoms with Gasteiger partial charge in [0, 0.05) is 12.0 Å². The van der Waals surface area contributed by atoms with Gasteiger partial charge in [-0.25, -0.2) is 9.97 Å². The van der Waals surface area contributed by atoms with Crippen molar-refractivity contribution >= 4 is 5.82 Å². The first-order valence-electron chi connectivity index (χ1n) is 4.67. The van der Waals surface area contributed by atoms with E-state index in [0.717, 1.165) is 17.7 Å². The van der Waals surface area contributed by atoms with Crippen molar-refractivity contribution in [2.45, 2.75) is 26.0 Å². The molecule has 0 bridgehead atoms. The fourth-order valence-corrected chi connectivity index (χ4v) is 1.48. The lowest BCUT2D eigenvalue weighted by atomic mass is 10.1. The lowest BCUT2D eigenvalue weighted by Gasteiger charge is -2.18. The highest BCUT2D eigenvalue weighted by molar-refractivity contribution is 5.43. The first-order valence-corrected chi connectivity index (χ1v) is 4.67. The summed E-state index contributed by atoms with van der Waals surface area (Å²) in [6.45, 7) is 3.06. The summed E-state index contributed by atoms with van der Waals surface area (Å²) in [5.74, 6) is 1.12. The molecule has 76 valence electrons. The van der Waals surface area contributed by atoms with Gasteiger partial charge in [0.2, 0.25) is 0 Å². The summed E-state index contributed by atoms with van der Waals surface area (Å²) in [7, 11) is 0. The molecule has 0 spiro atoms. The minimum Gasteiger partial charge on any atom is -0.383 e. The molecule has 5 heteroatoms. The predicted molar refractivity (Wildman–Crippen MR) is 52.4 cm³/mol. The van der Waals surface area contributed by atoms with Crippen LogP contribution in [0.4, 0.5) is 5.82 Å². The van der Waals surface area contributed by atoms with Crippen LogP contribution in [0.1, 0.15) is 30.0 Å². The first-order chi connectivity index (χ1) is 6.68. The van der Waals surface area contributed by atoms with Crippen LogP contribution < -0.4 is 11.5 Å². The smallest absolute Gasteiger partial charge is 0.147 e. The van der Waals surface area contributed by atoms with E-state index in [4.69, 9.17) is 16.2 Å². The van der Waals surface area contributed by atoms with Crippen LogP contribution in [-0.2, 0) is 17.8 Å². The average molecular weight is 194 g/mol. The van der Waals surface area contributed by atoms with Crippen LogP contribution in [0.5, 0.6) is 0 Å². The molecule has 1 aliphatic heterocycles. The van der Waals surface area contributed by atoms with Crippen molar-refractivity contribution in [1.82, 2.24) is 9.97 Å². The van der Waals surface area contributed by atoms with Crippen molar-refractivity contribution < 1.29 is 4.74 Å². The van der Waals surface area contributed by atoms with E-state index >= 15 is 0 Å². The molecular weight excluding hydrogens is 180 g/mol. The van der Waals surface area contributed by atoms with E-state index in [1.165, 1.54) is 0 Å². The van der Waals surface area contributed by atoms with Gasteiger partial charge in [-0.1, -0.05) is 0 Å². The Labute approximate surface area is 82.5 Å². The monoisotopic (exact) mass is 194 g/mol. The Morgan fingerprint density at radius 3 is 2.93 bits per heavy atom. The van der Waals surface area contributed by atoms with E-state index in [0.29, 0.717) is 24.9 Å². The van der Waals surface area contributed by atoms with E-state index in [2.05, 4.69) is 9.97 Å². The van der Waals surface area contributed by atoms with Crippen LogP contribution in [-0.4, -0.2) is 16.6 Å². The van der Waals surface area contributed by atoms with Crippen LogP contribution in [0, 0.1) is 0 Å². The minimum atomic E-state index is -0.176. The van der Waals surface area contributed by atoms with Crippen LogP contribution in [0.25, 0.3) is 0 Å². The molecule has 0 aliphatic carbocycles. The number of nitrogens with two attached hydrogens (primary N) is 2. The van der Waals surface area contributed by atoms with Gasteiger partial charge in [0.25, 0.3) is 0 Å². The normalized spacial score (nSPS) is 17.6. The molecule has 2 rings (SSSR count). The number of ether oxygens (including phenoxy) is 1. The summed E-state index contributed by atoms with van der Waals surface area (Å²) < 4.78 is 5.29. The molecule has 4 N–H and O–H groups in total. The molecule has 5 nitrogen and oxygen atoms in total. The Kier molecular flexibility index (Phi) is 2.35. The van der Waals surface area contributed by atoms with Crippen molar-refractivity contribution in [2.24, 2.45) is 5.73 Å². The van der Waals surface area contributed by atoms with Gasteiger partial charge in [-0.05, 0) is 6.92 Å². The molecule has 1 aromatic heterocycles. The molecule has 14 heavy (non-hydrogen) atoms. The fourth-order valence-electron chi connectivity index (χ4n) is 1.48. The molecule has 0 saturated heterocycles. The summed E-state index contributed by atoms with van der Waals surface area (Å²) in [5, 5.41) is 0. The Morgan fingerprint density at radius 1 is 1.43 bits per heavy atom. The van der Waals surface area contributed by atoms with E-state index in [-0.39, 0.29) is 6.04 Å². The summed E-state index contributed by atoms with van der Waals surface area (Å²) in [5.41, 5.74) is 13.4. The maximum atomic E-state index is 5.79. The number of hydrogen-bond donors (Lipinski definition) is 2. The molecular formula is C9H14N4O. The largest absolute Gasteiger partial charge is 0.383 e. The number of hydrogen-bond acceptors (Lipinski definition) is 5. The Morgan fingerprint density at radius 2 is 2.21 bits per heavy atom. The van der Waals surface area contributed by atoms with E-state index in [9.17, 15) is 0 Å². The standard InChI is InChI=1S/C9H14N4O/c1-5(10)9-12-7-2-3-14-4-6(7)8(11)13-9/h5H,2-4,10H2,1H3,(H2,11,12,13). The SMILES string of the molecule is CC(N)c1nc(N)c2c(n1)CCOC2. The number of rotatable bonds is 1. The molecule has 2 heterocycles. The molecule has 1 unspecified atom stereocenters. The van der Waals surface area contributed by atoms with Crippen LogP contribution in [0.3, 0.4) is 0 Å². The third kappa shape index (κ3) is 1.56. The van der Waals surface area contributed by atoms with Gasteiger partial charge in [-0.2, -0.15) is 0 Å². The lowest BCUT2D eigenvalue weighted by molar-refractivity contribution is 0.109. The van der Waals surface area contributed by atoms with Crippen LogP contribution in [0.2, 0.25) is 0 Å². The van der Waals surface area contributed by atoms with E-state index in [1.54, 1.807) is 0 Å². The minimum absolute atomic E-state index is 0.176. The van der Waals surface area contributed by atoms with Gasteiger partial charge in [0.05, 0.1) is 24.9 Å². The highest BCUT2D eigenvalue weighted by Crippen LogP contribution is 2.21. The second kappa shape index (κ2) is 3.51. The zero-order valence-corrected chi connectivity index (χ0v) is 8.16. The fraction of sp³-hybridized carbons (Fsp3) is 0.556. The second-order valence-electron chi connectivity index (χ2n) is 3.48.